The molecule has 0 bridgehead atoms. The standard InChI is InChI=1S/C17H19ClN5O4P/c18-13-3-1-2-12(8-13)14-4-6-26-28(24,27-14)11-25-7-5-23-10-22-15-16(19)20-9-21-17(15)23/h1-3,8-10,14H,4-7,11H2,(H2,19,20,21)/t14-,28-/m1/s1. The molecule has 9 nitrogen and oxygen atoms in total. The molecule has 1 aromatic carbocycles. The molecule has 0 aliphatic carbocycles. The summed E-state index contributed by atoms with van der Waals surface area (Å²) in [6.45, 7) is 1.08. The lowest BCUT2D eigenvalue weighted by atomic mass is 10.1. The first kappa shape index (κ1) is 19.3. The van der Waals surface area contributed by atoms with Crippen molar-refractivity contribution in [3.8, 4) is 0 Å². The molecule has 3 heterocycles. The van der Waals surface area contributed by atoms with Gasteiger partial charge in [-0.1, -0.05) is 23.7 Å². The maximum atomic E-state index is 12.9. The molecule has 0 radical (unpaired) electrons. The summed E-state index contributed by atoms with van der Waals surface area (Å²) >= 11 is 6.03. The van der Waals surface area contributed by atoms with E-state index in [1.54, 1.807) is 23.0 Å². The molecule has 2 atom stereocenters. The van der Waals surface area contributed by atoms with Gasteiger partial charge in [0.1, 0.15) is 18.2 Å². The highest BCUT2D eigenvalue weighted by molar-refractivity contribution is 7.53. The van der Waals surface area contributed by atoms with E-state index in [-0.39, 0.29) is 19.1 Å². The van der Waals surface area contributed by atoms with Crippen molar-refractivity contribution in [3.05, 3.63) is 47.5 Å². The van der Waals surface area contributed by atoms with Crippen LogP contribution in [0.1, 0.15) is 18.1 Å². The van der Waals surface area contributed by atoms with Crippen molar-refractivity contribution < 1.29 is 18.3 Å². The van der Waals surface area contributed by atoms with Crippen molar-refractivity contribution >= 4 is 36.2 Å². The van der Waals surface area contributed by atoms with Crippen LogP contribution in [0.3, 0.4) is 0 Å². The Labute approximate surface area is 166 Å². The molecule has 2 N–H and O–H groups in total. The van der Waals surface area contributed by atoms with Crippen LogP contribution in [0.5, 0.6) is 0 Å². The molecule has 1 aliphatic heterocycles. The van der Waals surface area contributed by atoms with Crippen LogP contribution in [0, 0.1) is 0 Å². The van der Waals surface area contributed by atoms with Gasteiger partial charge in [0, 0.05) is 18.0 Å². The Morgan fingerprint density at radius 2 is 2.25 bits per heavy atom. The summed E-state index contributed by atoms with van der Waals surface area (Å²) in [5.74, 6) is 0.324. The quantitative estimate of drug-likeness (QED) is 0.474. The minimum atomic E-state index is -3.35. The van der Waals surface area contributed by atoms with Gasteiger partial charge in [0.15, 0.2) is 11.5 Å². The second-order valence-electron chi connectivity index (χ2n) is 6.29. The van der Waals surface area contributed by atoms with Gasteiger partial charge in [0.25, 0.3) is 0 Å². The zero-order valence-corrected chi connectivity index (χ0v) is 16.6. The number of imidazole rings is 1. The Kier molecular flexibility index (Phi) is 5.61. The van der Waals surface area contributed by atoms with E-state index < -0.39 is 7.60 Å². The molecule has 1 saturated heterocycles. The minimum absolute atomic E-state index is 0.131. The number of halogens is 1. The number of hydrogen-bond acceptors (Lipinski definition) is 8. The lowest BCUT2D eigenvalue weighted by Crippen LogP contribution is -2.17. The Bertz CT molecular complexity index is 1030. The van der Waals surface area contributed by atoms with Crippen LogP contribution in [0.15, 0.2) is 36.9 Å². The van der Waals surface area contributed by atoms with Gasteiger partial charge in [-0.15, -0.1) is 0 Å². The second-order valence-corrected chi connectivity index (χ2v) is 8.67. The zero-order chi connectivity index (χ0) is 19.6. The molecule has 3 aromatic rings. The van der Waals surface area contributed by atoms with E-state index in [1.165, 1.54) is 6.33 Å². The lowest BCUT2D eigenvalue weighted by Gasteiger charge is -2.30. The summed E-state index contributed by atoms with van der Waals surface area (Å²) in [5.41, 5.74) is 7.81. The number of nitrogen functional groups attached to an aromatic ring is 1. The van der Waals surface area contributed by atoms with Crippen LogP contribution in [0.2, 0.25) is 5.02 Å². The number of benzene rings is 1. The predicted molar refractivity (Wildman–Crippen MR) is 104 cm³/mol. The summed E-state index contributed by atoms with van der Waals surface area (Å²) in [7, 11) is -3.35. The number of anilines is 1. The molecular formula is C17H19ClN5O4P. The highest BCUT2D eigenvalue weighted by Crippen LogP contribution is 2.56. The third-order valence-electron chi connectivity index (χ3n) is 4.33. The summed E-state index contributed by atoms with van der Waals surface area (Å²) < 4.78 is 31.3. The molecule has 4 rings (SSSR count). The SMILES string of the molecule is Nc1ncnc2c1ncn2CCOC[P@@]1(=O)OCC[C@H](c2cccc(Cl)c2)O1. The molecule has 1 aliphatic rings. The van der Waals surface area contributed by atoms with Crippen molar-refractivity contribution in [1.29, 1.82) is 0 Å². The third-order valence-corrected chi connectivity index (χ3v) is 6.22. The summed E-state index contributed by atoms with van der Waals surface area (Å²) in [6.07, 6.45) is 3.14. The Hall–Kier alpha value is -2.03. The van der Waals surface area contributed by atoms with E-state index in [9.17, 15) is 4.57 Å². The highest BCUT2D eigenvalue weighted by Gasteiger charge is 2.34. The Morgan fingerprint density at radius 3 is 3.11 bits per heavy atom. The number of ether oxygens (including phenoxy) is 1. The predicted octanol–water partition coefficient (Wildman–Crippen LogP) is 3.41. The number of fused-ring (bicyclic) bond motifs is 1. The number of nitrogens with zero attached hydrogens (tertiary/aromatic N) is 4. The smallest absolute Gasteiger partial charge is 0.356 e. The van der Waals surface area contributed by atoms with E-state index in [1.807, 2.05) is 12.1 Å². The van der Waals surface area contributed by atoms with Gasteiger partial charge in [-0.25, -0.2) is 15.0 Å². The number of nitrogens with two attached hydrogens (primary N) is 1. The third kappa shape index (κ3) is 4.19. The fourth-order valence-electron chi connectivity index (χ4n) is 2.98. The van der Waals surface area contributed by atoms with Crippen molar-refractivity contribution in [2.24, 2.45) is 0 Å². The second kappa shape index (κ2) is 8.14. The van der Waals surface area contributed by atoms with Gasteiger partial charge in [0.05, 0.1) is 25.6 Å². The fourth-order valence-corrected chi connectivity index (χ4v) is 4.73. The molecular weight excluding hydrogens is 405 g/mol. The molecule has 0 spiro atoms. The Morgan fingerprint density at radius 1 is 1.36 bits per heavy atom. The van der Waals surface area contributed by atoms with Gasteiger partial charge < -0.3 is 19.6 Å². The molecule has 28 heavy (non-hydrogen) atoms. The van der Waals surface area contributed by atoms with Crippen molar-refractivity contribution in [2.75, 3.05) is 25.3 Å². The Balaban J connectivity index is 1.33. The van der Waals surface area contributed by atoms with Crippen LogP contribution in [0.4, 0.5) is 5.82 Å². The van der Waals surface area contributed by atoms with Gasteiger partial charge in [0.2, 0.25) is 0 Å². The monoisotopic (exact) mass is 423 g/mol. The van der Waals surface area contributed by atoms with E-state index >= 15 is 0 Å². The first-order chi connectivity index (χ1) is 13.5. The van der Waals surface area contributed by atoms with Crippen LogP contribution >= 0.6 is 19.2 Å². The topological polar surface area (TPSA) is 114 Å². The van der Waals surface area contributed by atoms with E-state index in [2.05, 4.69) is 15.0 Å². The van der Waals surface area contributed by atoms with E-state index in [4.69, 9.17) is 31.1 Å². The normalized spacial score (nSPS) is 22.5. The van der Waals surface area contributed by atoms with Gasteiger partial charge >= 0.3 is 7.60 Å². The maximum absolute atomic E-state index is 12.9. The lowest BCUT2D eigenvalue weighted by molar-refractivity contribution is 0.0563. The number of hydrogen-bond donors (Lipinski definition) is 1. The first-order valence-corrected chi connectivity index (χ1v) is 10.8. The van der Waals surface area contributed by atoms with Crippen molar-refractivity contribution in [1.82, 2.24) is 19.5 Å². The first-order valence-electron chi connectivity index (χ1n) is 8.71. The molecule has 0 unspecified atom stereocenters. The zero-order valence-electron chi connectivity index (χ0n) is 14.9. The average Bonchev–Trinajstić information content (AvgIpc) is 3.10. The number of rotatable bonds is 6. The minimum Gasteiger partial charge on any atom is -0.382 e. The largest absolute Gasteiger partial charge is 0.382 e. The van der Waals surface area contributed by atoms with Crippen molar-refractivity contribution in [3.63, 3.8) is 0 Å². The summed E-state index contributed by atoms with van der Waals surface area (Å²) in [4.78, 5) is 12.3. The van der Waals surface area contributed by atoms with Crippen LogP contribution < -0.4 is 5.73 Å². The van der Waals surface area contributed by atoms with Crippen molar-refractivity contribution in [2.45, 2.75) is 19.1 Å². The average molecular weight is 424 g/mol. The highest BCUT2D eigenvalue weighted by atomic mass is 35.5. The van der Waals surface area contributed by atoms with Crippen LogP contribution in [0.25, 0.3) is 11.2 Å². The molecule has 0 saturated carbocycles. The number of aromatic nitrogens is 4. The maximum Gasteiger partial charge on any atom is 0.356 e. The van der Waals surface area contributed by atoms with Gasteiger partial charge in [-0.05, 0) is 17.7 Å². The van der Waals surface area contributed by atoms with E-state index in [0.717, 1.165) is 5.56 Å². The molecule has 0 amide bonds. The van der Waals surface area contributed by atoms with Gasteiger partial charge in [-0.2, -0.15) is 0 Å². The van der Waals surface area contributed by atoms with Crippen LogP contribution in [-0.4, -0.2) is 39.1 Å². The molecule has 11 heteroatoms. The summed E-state index contributed by atoms with van der Waals surface area (Å²) in [5, 5.41) is 0.607. The molecule has 2 aromatic heterocycles. The van der Waals surface area contributed by atoms with Gasteiger partial charge in [-0.3, -0.25) is 9.09 Å². The molecule has 1 fully saturated rings. The van der Waals surface area contributed by atoms with Crippen LogP contribution in [-0.2, 0) is 24.9 Å². The fraction of sp³-hybridized carbons (Fsp3) is 0.353. The summed E-state index contributed by atoms with van der Waals surface area (Å²) in [6, 6.07) is 7.32. The molecule has 148 valence electrons. The van der Waals surface area contributed by atoms with E-state index in [0.29, 0.717) is 41.6 Å².